The van der Waals surface area contributed by atoms with Crippen LogP contribution in [0.4, 0.5) is 0 Å². The molecule has 1 N–H and O–H groups in total. The van der Waals surface area contributed by atoms with Crippen LogP contribution in [0.25, 0.3) is 0 Å². The fraction of sp³-hybridized carbons (Fsp3) is 0.917. The van der Waals surface area contributed by atoms with Crippen LogP contribution in [0.15, 0.2) is 0 Å². The van der Waals surface area contributed by atoms with Crippen molar-refractivity contribution < 1.29 is 14.6 Å². The maximum atomic E-state index is 11.3. The van der Waals surface area contributed by atoms with E-state index in [4.69, 9.17) is 4.74 Å². The Morgan fingerprint density at radius 1 is 1.27 bits per heavy atom. The quantitative estimate of drug-likeness (QED) is 0.720. The summed E-state index contributed by atoms with van der Waals surface area (Å²) in [7, 11) is 0. The Bertz CT molecular complexity index is 281. The normalized spacial score (nSPS) is 42.3. The van der Waals surface area contributed by atoms with E-state index in [1.54, 1.807) is 0 Å². The van der Waals surface area contributed by atoms with Gasteiger partial charge in [0.15, 0.2) is 0 Å². The predicted molar refractivity (Wildman–Crippen MR) is 54.5 cm³/mol. The molecule has 2 saturated carbocycles. The van der Waals surface area contributed by atoms with Crippen LogP contribution in [0.1, 0.15) is 38.5 Å². The molecule has 0 amide bonds. The molecule has 0 bridgehead atoms. The first-order chi connectivity index (χ1) is 7.26. The van der Waals surface area contributed by atoms with E-state index in [0.29, 0.717) is 5.92 Å². The van der Waals surface area contributed by atoms with Gasteiger partial charge in [0.05, 0.1) is 12.0 Å². The number of hydrogen-bond acceptors (Lipinski definition) is 2. The third-order valence-corrected chi connectivity index (χ3v) is 4.78. The van der Waals surface area contributed by atoms with Gasteiger partial charge in [0.25, 0.3) is 0 Å². The Balaban J connectivity index is 1.88. The lowest BCUT2D eigenvalue weighted by molar-refractivity contribution is -0.233. The predicted octanol–water partition coefficient (Wildman–Crippen LogP) is 2.06. The molecule has 0 aromatic rings. The number of fused-ring (bicyclic) bond motifs is 2. The summed E-state index contributed by atoms with van der Waals surface area (Å²) in [6.07, 6.45) is 6.91. The number of aliphatic carboxylic acids is 1. The van der Waals surface area contributed by atoms with Gasteiger partial charge in [-0.3, -0.25) is 4.79 Å². The topological polar surface area (TPSA) is 46.5 Å². The van der Waals surface area contributed by atoms with Crippen molar-refractivity contribution in [3.8, 4) is 0 Å². The first-order valence-electron chi connectivity index (χ1n) is 6.10. The standard InChI is InChI=1S/C12H18O3/c13-11(14)9-8-4-3-7-15-10(8)12(9)5-1-2-6-12/h8-10H,1-7H2,(H,13,14). The Hall–Kier alpha value is -0.570. The Kier molecular flexibility index (Phi) is 2.06. The maximum Gasteiger partial charge on any atom is 0.307 e. The second-order valence-corrected chi connectivity index (χ2v) is 5.35. The largest absolute Gasteiger partial charge is 0.481 e. The number of rotatable bonds is 1. The molecule has 2 aliphatic carbocycles. The van der Waals surface area contributed by atoms with E-state index in [1.165, 1.54) is 12.8 Å². The molecule has 3 atom stereocenters. The van der Waals surface area contributed by atoms with Crippen molar-refractivity contribution in [1.82, 2.24) is 0 Å². The summed E-state index contributed by atoms with van der Waals surface area (Å²) in [6, 6.07) is 0. The van der Waals surface area contributed by atoms with Crippen molar-refractivity contribution in [3.63, 3.8) is 0 Å². The highest BCUT2D eigenvalue weighted by Crippen LogP contribution is 2.63. The van der Waals surface area contributed by atoms with E-state index >= 15 is 0 Å². The van der Waals surface area contributed by atoms with Crippen molar-refractivity contribution in [2.75, 3.05) is 6.61 Å². The van der Waals surface area contributed by atoms with Gasteiger partial charge < -0.3 is 9.84 Å². The van der Waals surface area contributed by atoms with E-state index < -0.39 is 5.97 Å². The summed E-state index contributed by atoms with van der Waals surface area (Å²) in [5.74, 6) is -0.372. The molecule has 3 unspecified atom stereocenters. The van der Waals surface area contributed by atoms with Crippen LogP contribution >= 0.6 is 0 Å². The van der Waals surface area contributed by atoms with Gasteiger partial charge in [-0.1, -0.05) is 12.8 Å². The molecule has 1 heterocycles. The monoisotopic (exact) mass is 210 g/mol. The second-order valence-electron chi connectivity index (χ2n) is 5.35. The molecule has 1 saturated heterocycles. The fourth-order valence-electron chi connectivity index (χ4n) is 4.28. The molecule has 84 valence electrons. The Morgan fingerprint density at radius 2 is 2.00 bits per heavy atom. The number of ether oxygens (including phenoxy) is 1. The van der Waals surface area contributed by atoms with Crippen LogP contribution in [-0.2, 0) is 9.53 Å². The van der Waals surface area contributed by atoms with Crippen LogP contribution in [0.3, 0.4) is 0 Å². The number of carbonyl (C=O) groups is 1. The van der Waals surface area contributed by atoms with Gasteiger partial charge in [-0.2, -0.15) is 0 Å². The van der Waals surface area contributed by atoms with Gasteiger partial charge in [-0.05, 0) is 31.6 Å². The third kappa shape index (κ3) is 1.13. The minimum absolute atomic E-state index is 0.0247. The number of hydrogen-bond donors (Lipinski definition) is 1. The molecule has 0 aromatic carbocycles. The summed E-state index contributed by atoms with van der Waals surface area (Å²) in [5, 5.41) is 9.34. The van der Waals surface area contributed by atoms with Gasteiger partial charge in [-0.15, -0.1) is 0 Å². The van der Waals surface area contributed by atoms with Gasteiger partial charge in [0.2, 0.25) is 0 Å². The highest BCUT2D eigenvalue weighted by molar-refractivity contribution is 5.73. The number of carboxylic acid groups (broad SMARTS) is 1. The molecule has 0 aromatic heterocycles. The van der Waals surface area contributed by atoms with Crippen molar-refractivity contribution in [1.29, 1.82) is 0 Å². The second kappa shape index (κ2) is 3.21. The SMILES string of the molecule is O=C(O)C1C2CCCOC2C12CCCC2. The summed E-state index contributed by atoms with van der Waals surface area (Å²) >= 11 is 0. The lowest BCUT2D eigenvalue weighted by Crippen LogP contribution is -2.64. The fourth-order valence-corrected chi connectivity index (χ4v) is 4.28. The van der Waals surface area contributed by atoms with Crippen molar-refractivity contribution in [3.05, 3.63) is 0 Å². The van der Waals surface area contributed by atoms with Gasteiger partial charge in [-0.25, -0.2) is 0 Å². The van der Waals surface area contributed by atoms with Crippen molar-refractivity contribution in [2.24, 2.45) is 17.3 Å². The van der Waals surface area contributed by atoms with Crippen molar-refractivity contribution >= 4 is 5.97 Å². The van der Waals surface area contributed by atoms with E-state index in [-0.39, 0.29) is 17.4 Å². The summed E-state index contributed by atoms with van der Waals surface area (Å²) in [5.41, 5.74) is 0.0247. The molecule has 1 aliphatic heterocycles. The van der Waals surface area contributed by atoms with Gasteiger partial charge in [0.1, 0.15) is 0 Å². The number of carboxylic acids is 1. The first kappa shape index (κ1) is 9.64. The summed E-state index contributed by atoms with van der Waals surface area (Å²) < 4.78 is 5.83. The molecule has 3 rings (SSSR count). The minimum Gasteiger partial charge on any atom is -0.481 e. The van der Waals surface area contributed by atoms with E-state index in [9.17, 15) is 9.90 Å². The molecule has 3 fully saturated rings. The molecule has 15 heavy (non-hydrogen) atoms. The summed E-state index contributed by atoms with van der Waals surface area (Å²) in [4.78, 5) is 11.3. The van der Waals surface area contributed by atoms with E-state index in [1.807, 2.05) is 0 Å². The lowest BCUT2D eigenvalue weighted by Gasteiger charge is -2.59. The lowest BCUT2D eigenvalue weighted by atomic mass is 9.49. The average molecular weight is 210 g/mol. The molecule has 0 radical (unpaired) electrons. The van der Waals surface area contributed by atoms with Gasteiger partial charge >= 0.3 is 5.97 Å². The Labute approximate surface area is 89.8 Å². The molecule has 3 aliphatic rings. The molecule has 1 spiro atoms. The Morgan fingerprint density at radius 3 is 2.67 bits per heavy atom. The summed E-state index contributed by atoms with van der Waals surface area (Å²) in [6.45, 7) is 0.843. The van der Waals surface area contributed by atoms with Crippen LogP contribution < -0.4 is 0 Å². The molecular formula is C12H18O3. The van der Waals surface area contributed by atoms with E-state index in [2.05, 4.69) is 0 Å². The van der Waals surface area contributed by atoms with Gasteiger partial charge in [0, 0.05) is 12.0 Å². The zero-order valence-electron chi connectivity index (χ0n) is 8.95. The average Bonchev–Trinajstić information content (AvgIpc) is 2.67. The van der Waals surface area contributed by atoms with Crippen LogP contribution in [0, 0.1) is 17.3 Å². The molecule has 3 nitrogen and oxygen atoms in total. The van der Waals surface area contributed by atoms with Crippen molar-refractivity contribution in [2.45, 2.75) is 44.6 Å². The van der Waals surface area contributed by atoms with E-state index in [0.717, 1.165) is 32.3 Å². The first-order valence-corrected chi connectivity index (χ1v) is 6.10. The maximum absolute atomic E-state index is 11.3. The molecule has 3 heteroatoms. The molecular weight excluding hydrogens is 192 g/mol. The highest BCUT2D eigenvalue weighted by Gasteiger charge is 2.66. The third-order valence-electron chi connectivity index (χ3n) is 4.78. The highest BCUT2D eigenvalue weighted by atomic mass is 16.5. The van der Waals surface area contributed by atoms with Crippen LogP contribution in [0.5, 0.6) is 0 Å². The zero-order chi connectivity index (χ0) is 10.5. The zero-order valence-corrected chi connectivity index (χ0v) is 8.95. The van der Waals surface area contributed by atoms with Crippen LogP contribution in [-0.4, -0.2) is 23.8 Å². The minimum atomic E-state index is -0.580. The smallest absolute Gasteiger partial charge is 0.307 e. The van der Waals surface area contributed by atoms with Crippen LogP contribution in [0.2, 0.25) is 0 Å².